The van der Waals surface area contributed by atoms with Crippen LogP contribution in [0.4, 0.5) is 0 Å². The summed E-state index contributed by atoms with van der Waals surface area (Å²) in [6.45, 7) is 13.6. The summed E-state index contributed by atoms with van der Waals surface area (Å²) in [5, 5.41) is 6.47. The van der Waals surface area contributed by atoms with Crippen molar-refractivity contribution in [3.8, 4) is 30.6 Å². The number of rotatable bonds is 43. The van der Waals surface area contributed by atoms with Gasteiger partial charge in [0.05, 0.1) is 9.40 Å². The van der Waals surface area contributed by atoms with Crippen molar-refractivity contribution in [2.24, 2.45) is 11.8 Å². The van der Waals surface area contributed by atoms with E-state index in [9.17, 15) is 0 Å². The Morgan fingerprint density at radius 3 is 1.09 bits per heavy atom. The number of hydrogen-bond acceptors (Lipinski definition) is 7. The van der Waals surface area contributed by atoms with Crippen molar-refractivity contribution in [1.29, 1.82) is 0 Å². The molecule has 460 valence electrons. The van der Waals surface area contributed by atoms with Crippen LogP contribution in [0.1, 0.15) is 280 Å². The number of thiophene rings is 5. The van der Waals surface area contributed by atoms with Gasteiger partial charge in [0.2, 0.25) is 0 Å². The van der Waals surface area contributed by atoms with Gasteiger partial charge in [0.25, 0.3) is 0 Å². The van der Waals surface area contributed by atoms with E-state index in [4.69, 9.17) is 0 Å². The van der Waals surface area contributed by atoms with Gasteiger partial charge in [-0.25, -0.2) is 0 Å². The smallest absolute Gasteiger partial charge is 0.195 e. The molecule has 0 spiro atoms. The molecule has 0 aliphatic rings. The van der Waals surface area contributed by atoms with Crippen LogP contribution >= 0.6 is 56.7 Å². The Morgan fingerprint density at radius 2 is 0.682 bits per heavy atom. The lowest BCUT2D eigenvalue weighted by atomic mass is 9.84. The SMILES string of the molecule is CCCCCCCCCCCCC(CCCCCCCC)Cc1cc2c3cc(-c4ccc(-c5cc6sc7cc(C)sc7c6s5)s4)c(=O)c3c(CC(CCCCCCCC)CCCCCCCCCCCC)cc2c2cc(-c3ccc(C)s3)c(=O)c12. The molecule has 0 radical (unpaired) electrons. The maximum Gasteiger partial charge on any atom is 0.195 e. The molecule has 0 saturated heterocycles. The van der Waals surface area contributed by atoms with E-state index < -0.39 is 0 Å². The van der Waals surface area contributed by atoms with Gasteiger partial charge in [-0.15, -0.1) is 56.7 Å². The van der Waals surface area contributed by atoms with Gasteiger partial charge in [0.1, 0.15) is 0 Å². The van der Waals surface area contributed by atoms with Gasteiger partial charge in [0.15, 0.2) is 10.9 Å². The van der Waals surface area contributed by atoms with Crippen molar-refractivity contribution < 1.29 is 0 Å². The van der Waals surface area contributed by atoms with E-state index in [1.54, 1.807) is 22.7 Å². The molecule has 0 aliphatic carbocycles. The van der Waals surface area contributed by atoms with Crippen LogP contribution in [-0.4, -0.2) is 0 Å². The highest BCUT2D eigenvalue weighted by Crippen LogP contribution is 2.49. The highest BCUT2D eigenvalue weighted by atomic mass is 32.1. The Labute approximate surface area is 533 Å². The van der Waals surface area contributed by atoms with Gasteiger partial charge in [-0.3, -0.25) is 9.59 Å². The van der Waals surface area contributed by atoms with Gasteiger partial charge in [-0.2, -0.15) is 0 Å². The highest BCUT2D eigenvalue weighted by molar-refractivity contribution is 7.40. The number of benzene rings is 2. The molecule has 9 rings (SSSR count). The first-order valence-electron chi connectivity index (χ1n) is 35.0. The average molecular weight is 1240 g/mol. The molecule has 2 unspecified atom stereocenters. The minimum Gasteiger partial charge on any atom is -0.289 e. The third kappa shape index (κ3) is 17.9. The second-order valence-corrected chi connectivity index (χ2v) is 32.0. The predicted octanol–water partition coefficient (Wildman–Crippen LogP) is 27.4. The Bertz CT molecular complexity index is 3520. The summed E-state index contributed by atoms with van der Waals surface area (Å²) in [5.74, 6) is 1.04. The zero-order valence-electron chi connectivity index (χ0n) is 53.7. The maximum absolute atomic E-state index is 15.8. The molecule has 0 saturated carbocycles. The Balaban J connectivity index is 1.10. The van der Waals surface area contributed by atoms with Crippen LogP contribution in [0, 0.1) is 25.7 Å². The molecule has 2 atom stereocenters. The van der Waals surface area contributed by atoms with Crippen LogP contribution in [0.15, 0.2) is 70.3 Å². The average Bonchev–Trinajstić information content (AvgIpc) is 2.63. The topological polar surface area (TPSA) is 34.1 Å². The molecule has 0 aliphatic heterocycles. The van der Waals surface area contributed by atoms with Gasteiger partial charge >= 0.3 is 0 Å². The summed E-state index contributed by atoms with van der Waals surface area (Å²) in [4.78, 5) is 38.5. The number of hydrogen-bond donors (Lipinski definition) is 0. The highest BCUT2D eigenvalue weighted by Gasteiger charge is 2.26. The standard InChI is InChI=1S/C78H106O2S5/c1-7-11-15-19-23-25-27-29-33-37-41-57(39-35-31-21-17-13-9-3)48-59-50-62-61(63-52-65(75(79)73(59)63)67-44-43-55(5)81-67)51-60(49-58(40-36-32-22-18-14-10-4)42-38-34-30-28-26-24-20-16-12-8-2)74-64(62)53-66(76(74)80)68-45-46-69(83-68)70-54-72-78(85-70)77-71(84-72)47-56(6)82-77/h43-47,50-54,57-58H,7-42,48-49H2,1-6H3. The quantitative estimate of drug-likeness (QED) is 0.0357. The first-order valence-corrected chi connectivity index (χ1v) is 39.1. The molecule has 9 aromatic rings. The molecule has 0 amide bonds. The van der Waals surface area contributed by atoms with E-state index in [1.807, 2.05) is 34.0 Å². The minimum absolute atomic E-state index is 0.200. The third-order valence-electron chi connectivity index (χ3n) is 19.2. The van der Waals surface area contributed by atoms with Crippen LogP contribution in [-0.2, 0) is 12.8 Å². The van der Waals surface area contributed by atoms with Crippen molar-refractivity contribution in [2.45, 2.75) is 286 Å². The molecular formula is C78H106O2S5. The summed E-state index contributed by atoms with van der Waals surface area (Å²) in [6.07, 6.45) is 49.3. The lowest BCUT2D eigenvalue weighted by Gasteiger charge is -2.20. The van der Waals surface area contributed by atoms with Crippen LogP contribution < -0.4 is 10.9 Å². The molecule has 4 aromatic carbocycles. The molecule has 0 fully saturated rings. The normalized spacial score (nSPS) is 13.0. The molecule has 0 bridgehead atoms. The first-order chi connectivity index (χ1) is 41.7. The van der Waals surface area contributed by atoms with Gasteiger partial charge < -0.3 is 0 Å². The van der Waals surface area contributed by atoms with Crippen LogP contribution in [0.5, 0.6) is 0 Å². The summed E-state index contributed by atoms with van der Waals surface area (Å²) >= 11 is 9.29. The maximum atomic E-state index is 15.8. The van der Waals surface area contributed by atoms with E-state index in [0.29, 0.717) is 11.8 Å². The van der Waals surface area contributed by atoms with E-state index in [0.717, 1.165) is 55.3 Å². The van der Waals surface area contributed by atoms with Crippen LogP contribution in [0.3, 0.4) is 0 Å². The fourth-order valence-electron chi connectivity index (χ4n) is 14.3. The summed E-state index contributed by atoms with van der Waals surface area (Å²) in [5.41, 5.74) is 4.54. The second kappa shape index (κ2) is 34.5. The zero-order valence-corrected chi connectivity index (χ0v) is 57.7. The number of unbranched alkanes of at least 4 members (excludes halogenated alkanes) is 28. The zero-order chi connectivity index (χ0) is 59.3. The molecule has 85 heavy (non-hydrogen) atoms. The second-order valence-electron chi connectivity index (χ2n) is 26.2. The minimum atomic E-state index is 0.200. The molecule has 2 nitrogen and oxygen atoms in total. The fourth-order valence-corrected chi connectivity index (χ4v) is 20.2. The Morgan fingerprint density at radius 1 is 0.318 bits per heavy atom. The Hall–Kier alpha value is -3.46. The molecule has 0 N–H and O–H groups in total. The summed E-state index contributed by atoms with van der Waals surface area (Å²) in [6, 6.07) is 23.1. The van der Waals surface area contributed by atoms with Gasteiger partial charge in [-0.1, -0.05) is 259 Å². The van der Waals surface area contributed by atoms with Gasteiger partial charge in [-0.05, 0) is 132 Å². The van der Waals surface area contributed by atoms with Crippen molar-refractivity contribution in [3.05, 3.63) is 102 Å². The van der Waals surface area contributed by atoms with Crippen LogP contribution in [0.2, 0.25) is 0 Å². The summed E-state index contributed by atoms with van der Waals surface area (Å²) in [7, 11) is 0. The first kappa shape index (κ1) is 66.0. The number of aryl methyl sites for hydroxylation is 2. The molecule has 5 aromatic heterocycles. The Kier molecular flexibility index (Phi) is 26.8. The summed E-state index contributed by atoms with van der Waals surface area (Å²) < 4.78 is 5.60. The lowest BCUT2D eigenvalue weighted by Crippen LogP contribution is -2.10. The van der Waals surface area contributed by atoms with E-state index in [1.165, 1.54) is 291 Å². The van der Waals surface area contributed by atoms with Crippen LogP contribution in [0.25, 0.3) is 81.8 Å². The van der Waals surface area contributed by atoms with E-state index >= 15 is 9.59 Å². The van der Waals surface area contributed by atoms with E-state index in [-0.39, 0.29) is 10.9 Å². The molecular weight excluding hydrogens is 1130 g/mol. The molecule has 7 heteroatoms. The fraction of sp³-hybridized carbons (Fsp3) is 0.590. The number of fused-ring (bicyclic) bond motifs is 8. The van der Waals surface area contributed by atoms with Gasteiger partial charge in [0, 0.05) is 60.6 Å². The monoisotopic (exact) mass is 1230 g/mol. The van der Waals surface area contributed by atoms with Crippen molar-refractivity contribution in [3.63, 3.8) is 0 Å². The largest absolute Gasteiger partial charge is 0.289 e. The predicted molar refractivity (Wildman–Crippen MR) is 387 cm³/mol. The van der Waals surface area contributed by atoms with Crippen molar-refractivity contribution in [1.82, 2.24) is 0 Å². The lowest BCUT2D eigenvalue weighted by molar-refractivity contribution is 0.401. The van der Waals surface area contributed by atoms with E-state index in [2.05, 4.69) is 102 Å². The van der Waals surface area contributed by atoms with Crippen molar-refractivity contribution >= 4 is 108 Å². The third-order valence-corrected chi connectivity index (χ3v) is 25.2. The van der Waals surface area contributed by atoms with Crippen molar-refractivity contribution in [2.75, 3.05) is 0 Å². The molecule has 5 heterocycles.